The van der Waals surface area contributed by atoms with Crippen LogP contribution in [0.25, 0.3) is 0 Å². The first-order valence-electron chi connectivity index (χ1n) is 5.46. The minimum absolute atomic E-state index is 0.118. The molecule has 0 bridgehead atoms. The number of hydrogen-bond donors (Lipinski definition) is 3. The molecule has 0 saturated carbocycles. The highest BCUT2D eigenvalue weighted by molar-refractivity contribution is 5.82. The molecule has 0 rings (SSSR count). The van der Waals surface area contributed by atoms with Gasteiger partial charge in [0.1, 0.15) is 0 Å². The normalized spacial score (nSPS) is 15.9. The Kier molecular flexibility index (Phi) is 5.83. The molecule has 90 valence electrons. The van der Waals surface area contributed by atoms with Gasteiger partial charge < -0.3 is 16.2 Å². The quantitative estimate of drug-likeness (QED) is 0.590. The molecule has 4 nitrogen and oxygen atoms in total. The highest BCUT2D eigenvalue weighted by atomic mass is 16.3. The van der Waals surface area contributed by atoms with Crippen molar-refractivity contribution in [2.45, 2.75) is 52.7 Å². The van der Waals surface area contributed by atoms with Crippen molar-refractivity contribution in [1.82, 2.24) is 5.32 Å². The lowest BCUT2D eigenvalue weighted by Crippen LogP contribution is -2.48. The van der Waals surface area contributed by atoms with Crippen LogP contribution in [0.4, 0.5) is 0 Å². The number of rotatable bonds is 5. The Hall–Kier alpha value is -0.610. The number of nitrogens with one attached hydrogen (secondary N) is 1. The number of aliphatic hydroxyl groups is 1. The van der Waals surface area contributed by atoms with Gasteiger partial charge in [-0.3, -0.25) is 4.79 Å². The van der Waals surface area contributed by atoms with E-state index >= 15 is 0 Å². The molecular weight excluding hydrogens is 192 g/mol. The molecule has 0 radical (unpaired) electrons. The predicted molar refractivity (Wildman–Crippen MR) is 61.4 cm³/mol. The van der Waals surface area contributed by atoms with Crippen LogP contribution in [0, 0.1) is 5.41 Å². The van der Waals surface area contributed by atoms with E-state index < -0.39 is 6.04 Å². The summed E-state index contributed by atoms with van der Waals surface area (Å²) in [5.41, 5.74) is 5.56. The van der Waals surface area contributed by atoms with Crippen LogP contribution in [-0.4, -0.2) is 29.7 Å². The van der Waals surface area contributed by atoms with Gasteiger partial charge in [0.05, 0.1) is 12.1 Å². The van der Waals surface area contributed by atoms with E-state index in [2.05, 4.69) is 5.32 Å². The second-order valence-corrected chi connectivity index (χ2v) is 5.13. The Bertz CT molecular complexity index is 197. The molecule has 0 heterocycles. The third-order valence-electron chi connectivity index (χ3n) is 2.31. The van der Waals surface area contributed by atoms with Crippen LogP contribution in [0.5, 0.6) is 0 Å². The lowest BCUT2D eigenvalue weighted by atomic mass is 9.87. The summed E-state index contributed by atoms with van der Waals surface area (Å²) >= 11 is 0. The van der Waals surface area contributed by atoms with E-state index in [1.54, 1.807) is 6.92 Å². The zero-order valence-corrected chi connectivity index (χ0v) is 10.2. The van der Waals surface area contributed by atoms with Gasteiger partial charge in [0.25, 0.3) is 0 Å². The lowest BCUT2D eigenvalue weighted by Gasteiger charge is -2.25. The molecule has 4 N–H and O–H groups in total. The molecule has 0 spiro atoms. The predicted octanol–water partition coefficient (Wildman–Crippen LogP) is 0.637. The van der Waals surface area contributed by atoms with E-state index in [0.29, 0.717) is 13.0 Å². The first-order chi connectivity index (χ1) is 6.75. The lowest BCUT2D eigenvalue weighted by molar-refractivity contribution is -0.124. The molecular formula is C11H24N2O2. The zero-order valence-electron chi connectivity index (χ0n) is 10.2. The summed E-state index contributed by atoms with van der Waals surface area (Å²) in [4.78, 5) is 11.5. The molecule has 0 fully saturated rings. The molecule has 0 aromatic heterocycles. The molecule has 0 aliphatic heterocycles. The third-order valence-corrected chi connectivity index (χ3v) is 2.31. The van der Waals surface area contributed by atoms with Gasteiger partial charge in [-0.1, -0.05) is 20.8 Å². The fraction of sp³-hybridized carbons (Fsp3) is 0.909. The fourth-order valence-corrected chi connectivity index (χ4v) is 1.11. The van der Waals surface area contributed by atoms with Crippen molar-refractivity contribution >= 4 is 5.91 Å². The summed E-state index contributed by atoms with van der Waals surface area (Å²) < 4.78 is 0. The molecule has 1 amide bonds. The van der Waals surface area contributed by atoms with Crippen LogP contribution < -0.4 is 11.1 Å². The van der Waals surface area contributed by atoms with Gasteiger partial charge in [-0.2, -0.15) is 0 Å². The van der Waals surface area contributed by atoms with Crippen LogP contribution in [-0.2, 0) is 4.79 Å². The van der Waals surface area contributed by atoms with Gasteiger partial charge >= 0.3 is 0 Å². The maximum absolute atomic E-state index is 11.5. The SMILES string of the molecule is CC(O)CCCNC(=O)C(N)C(C)(C)C. The highest BCUT2D eigenvalue weighted by Gasteiger charge is 2.26. The second kappa shape index (κ2) is 6.08. The molecule has 0 aromatic carbocycles. The smallest absolute Gasteiger partial charge is 0.237 e. The van der Waals surface area contributed by atoms with Gasteiger partial charge in [-0.05, 0) is 25.2 Å². The van der Waals surface area contributed by atoms with Crippen LogP contribution in [0.2, 0.25) is 0 Å². The topological polar surface area (TPSA) is 75.3 Å². The Balaban J connectivity index is 3.75. The maximum Gasteiger partial charge on any atom is 0.237 e. The molecule has 0 saturated heterocycles. The minimum Gasteiger partial charge on any atom is -0.393 e. The van der Waals surface area contributed by atoms with Gasteiger partial charge in [0.2, 0.25) is 5.91 Å². The van der Waals surface area contributed by atoms with Gasteiger partial charge in [0, 0.05) is 6.54 Å². The first kappa shape index (κ1) is 14.4. The molecule has 0 aliphatic rings. The van der Waals surface area contributed by atoms with Crippen molar-refractivity contribution in [1.29, 1.82) is 0 Å². The van der Waals surface area contributed by atoms with Crippen LogP contribution in [0.1, 0.15) is 40.5 Å². The van der Waals surface area contributed by atoms with Crippen molar-refractivity contribution in [3.8, 4) is 0 Å². The number of hydrogen-bond acceptors (Lipinski definition) is 3. The van der Waals surface area contributed by atoms with E-state index in [0.717, 1.165) is 6.42 Å². The number of carbonyl (C=O) groups is 1. The molecule has 0 aromatic rings. The summed E-state index contributed by atoms with van der Waals surface area (Å²) in [6.07, 6.45) is 1.17. The van der Waals surface area contributed by atoms with Gasteiger partial charge in [0.15, 0.2) is 0 Å². The Morgan fingerprint density at radius 1 is 1.47 bits per heavy atom. The number of aliphatic hydroxyl groups excluding tert-OH is 1. The molecule has 4 heteroatoms. The van der Waals surface area contributed by atoms with E-state index in [9.17, 15) is 4.79 Å². The average Bonchev–Trinajstić information content (AvgIpc) is 2.09. The average molecular weight is 216 g/mol. The van der Waals surface area contributed by atoms with E-state index in [-0.39, 0.29) is 17.4 Å². The Morgan fingerprint density at radius 2 is 2.00 bits per heavy atom. The van der Waals surface area contributed by atoms with Crippen LogP contribution in [0.3, 0.4) is 0 Å². The molecule has 15 heavy (non-hydrogen) atoms. The molecule has 2 atom stereocenters. The maximum atomic E-state index is 11.5. The summed E-state index contributed by atoms with van der Waals surface area (Å²) in [7, 11) is 0. The Morgan fingerprint density at radius 3 is 2.40 bits per heavy atom. The van der Waals surface area contributed by atoms with Crippen molar-refractivity contribution in [3.63, 3.8) is 0 Å². The van der Waals surface area contributed by atoms with Crippen molar-refractivity contribution in [2.75, 3.05) is 6.54 Å². The van der Waals surface area contributed by atoms with E-state index in [4.69, 9.17) is 10.8 Å². The summed E-state index contributed by atoms with van der Waals surface area (Å²) in [6.45, 7) is 8.13. The number of amides is 1. The number of carbonyl (C=O) groups excluding carboxylic acids is 1. The van der Waals surface area contributed by atoms with Crippen molar-refractivity contribution < 1.29 is 9.90 Å². The van der Waals surface area contributed by atoms with Gasteiger partial charge in [-0.25, -0.2) is 0 Å². The number of nitrogens with two attached hydrogens (primary N) is 1. The van der Waals surface area contributed by atoms with E-state index in [1.807, 2.05) is 20.8 Å². The van der Waals surface area contributed by atoms with Crippen molar-refractivity contribution in [2.24, 2.45) is 11.1 Å². The minimum atomic E-state index is -0.482. The monoisotopic (exact) mass is 216 g/mol. The second-order valence-electron chi connectivity index (χ2n) is 5.13. The summed E-state index contributed by atoms with van der Waals surface area (Å²) in [6, 6.07) is -0.482. The highest BCUT2D eigenvalue weighted by Crippen LogP contribution is 2.17. The van der Waals surface area contributed by atoms with Crippen molar-refractivity contribution in [3.05, 3.63) is 0 Å². The summed E-state index contributed by atoms with van der Waals surface area (Å²) in [5.74, 6) is -0.118. The Labute approximate surface area is 92.2 Å². The fourth-order valence-electron chi connectivity index (χ4n) is 1.11. The van der Waals surface area contributed by atoms with Crippen LogP contribution in [0.15, 0.2) is 0 Å². The van der Waals surface area contributed by atoms with Crippen LogP contribution >= 0.6 is 0 Å². The van der Waals surface area contributed by atoms with E-state index in [1.165, 1.54) is 0 Å². The third kappa shape index (κ3) is 6.47. The molecule has 2 unspecified atom stereocenters. The standard InChI is InChI=1S/C11H24N2O2/c1-8(14)6-5-7-13-10(15)9(12)11(2,3)4/h8-9,14H,5-7,12H2,1-4H3,(H,13,15). The first-order valence-corrected chi connectivity index (χ1v) is 5.46. The largest absolute Gasteiger partial charge is 0.393 e. The zero-order chi connectivity index (χ0) is 12.1. The summed E-state index contributed by atoms with van der Waals surface area (Å²) in [5, 5.41) is 11.8. The molecule has 0 aliphatic carbocycles. The van der Waals surface area contributed by atoms with Gasteiger partial charge in [-0.15, -0.1) is 0 Å².